The molecule has 0 aliphatic carbocycles. The molecule has 0 bridgehead atoms. The van der Waals surface area contributed by atoms with Crippen LogP contribution in [0.25, 0.3) is 10.1 Å². The molecule has 0 aliphatic heterocycles. The maximum atomic E-state index is 5.81. The van der Waals surface area contributed by atoms with Gasteiger partial charge in [0.15, 0.2) is 0 Å². The van der Waals surface area contributed by atoms with Crippen molar-refractivity contribution in [3.63, 3.8) is 0 Å². The highest BCUT2D eigenvalue weighted by Crippen LogP contribution is 2.32. The average Bonchev–Trinajstić information content (AvgIpc) is 2.79. The molecule has 0 fully saturated rings. The third kappa shape index (κ3) is 4.67. The quantitative estimate of drug-likeness (QED) is 0.581. The minimum Gasteiger partial charge on any atom is -0.376 e. The minimum atomic E-state index is 0.122. The molecule has 2 rings (SSSR count). The smallest absolute Gasteiger partial charge is 0.0734 e. The third-order valence-corrected chi connectivity index (χ3v) is 4.49. The molecule has 1 aromatic carbocycles. The van der Waals surface area contributed by atoms with Crippen molar-refractivity contribution in [1.29, 1.82) is 0 Å². The van der Waals surface area contributed by atoms with Crippen molar-refractivity contribution in [2.24, 2.45) is 0 Å². The van der Waals surface area contributed by atoms with Gasteiger partial charge in [-0.1, -0.05) is 24.3 Å². The van der Waals surface area contributed by atoms with Crippen LogP contribution in [0.4, 0.5) is 0 Å². The third-order valence-electron chi connectivity index (χ3n) is 3.27. The van der Waals surface area contributed by atoms with Gasteiger partial charge < -0.3 is 10.1 Å². The van der Waals surface area contributed by atoms with E-state index in [2.05, 4.69) is 56.9 Å². The predicted molar refractivity (Wildman–Crippen MR) is 92.9 cm³/mol. The molecular formula is C18H25NOS. The molecule has 0 atom stereocenters. The SMILES string of the molecule is C=CCCOCc1c(CNC(C)(C)C)sc2ccccc12. The van der Waals surface area contributed by atoms with Crippen LogP contribution < -0.4 is 5.32 Å². The molecule has 0 amide bonds. The van der Waals surface area contributed by atoms with Crippen LogP contribution in [0.5, 0.6) is 0 Å². The normalized spacial score (nSPS) is 12.0. The van der Waals surface area contributed by atoms with Gasteiger partial charge in [-0.2, -0.15) is 0 Å². The highest BCUT2D eigenvalue weighted by molar-refractivity contribution is 7.19. The van der Waals surface area contributed by atoms with Crippen LogP contribution in [0.15, 0.2) is 36.9 Å². The number of fused-ring (bicyclic) bond motifs is 1. The van der Waals surface area contributed by atoms with E-state index in [1.54, 1.807) is 0 Å². The lowest BCUT2D eigenvalue weighted by atomic mass is 10.1. The fourth-order valence-corrected chi connectivity index (χ4v) is 3.29. The Morgan fingerprint density at radius 2 is 2.05 bits per heavy atom. The van der Waals surface area contributed by atoms with Crippen LogP contribution in [0.3, 0.4) is 0 Å². The Morgan fingerprint density at radius 3 is 2.76 bits per heavy atom. The van der Waals surface area contributed by atoms with E-state index < -0.39 is 0 Å². The standard InChI is InChI=1S/C18H25NOS/c1-5-6-11-20-13-15-14-9-7-8-10-16(14)21-17(15)12-19-18(2,3)4/h5,7-10,19H,1,6,11-13H2,2-4H3. The van der Waals surface area contributed by atoms with Crippen molar-refractivity contribution in [1.82, 2.24) is 5.32 Å². The van der Waals surface area contributed by atoms with Crippen molar-refractivity contribution in [3.05, 3.63) is 47.4 Å². The largest absolute Gasteiger partial charge is 0.376 e. The first-order valence-corrected chi connectivity index (χ1v) is 8.26. The second-order valence-electron chi connectivity index (χ2n) is 6.23. The summed E-state index contributed by atoms with van der Waals surface area (Å²) < 4.78 is 7.15. The molecule has 2 nitrogen and oxygen atoms in total. The molecule has 0 aliphatic rings. The number of thiophene rings is 1. The molecule has 21 heavy (non-hydrogen) atoms. The molecule has 0 saturated carbocycles. The zero-order valence-corrected chi connectivity index (χ0v) is 14.1. The topological polar surface area (TPSA) is 21.3 Å². The van der Waals surface area contributed by atoms with Crippen molar-refractivity contribution < 1.29 is 4.74 Å². The highest BCUT2D eigenvalue weighted by Gasteiger charge is 2.15. The summed E-state index contributed by atoms with van der Waals surface area (Å²) in [4.78, 5) is 1.38. The summed E-state index contributed by atoms with van der Waals surface area (Å²) in [7, 11) is 0. The van der Waals surface area contributed by atoms with Gasteiger partial charge in [0.1, 0.15) is 0 Å². The fourth-order valence-electron chi connectivity index (χ4n) is 2.14. The summed E-state index contributed by atoms with van der Waals surface area (Å²) in [5.74, 6) is 0. The van der Waals surface area contributed by atoms with Gasteiger partial charge in [-0.15, -0.1) is 17.9 Å². The van der Waals surface area contributed by atoms with Crippen LogP contribution in [0.1, 0.15) is 37.6 Å². The zero-order valence-electron chi connectivity index (χ0n) is 13.2. The molecule has 1 heterocycles. The maximum absolute atomic E-state index is 5.81. The van der Waals surface area contributed by atoms with Gasteiger partial charge in [-0.25, -0.2) is 0 Å². The first kappa shape index (κ1) is 16.2. The van der Waals surface area contributed by atoms with Crippen LogP contribution in [-0.4, -0.2) is 12.1 Å². The first-order chi connectivity index (χ1) is 10.0. The molecule has 3 heteroatoms. The van der Waals surface area contributed by atoms with E-state index in [0.717, 1.165) is 19.6 Å². The van der Waals surface area contributed by atoms with Crippen LogP contribution in [0, 0.1) is 0 Å². The van der Waals surface area contributed by atoms with Gasteiger partial charge in [0.2, 0.25) is 0 Å². The molecule has 2 aromatic rings. The van der Waals surface area contributed by atoms with Crippen molar-refractivity contribution in [2.45, 2.75) is 45.9 Å². The lowest BCUT2D eigenvalue weighted by molar-refractivity contribution is 0.126. The van der Waals surface area contributed by atoms with Crippen molar-refractivity contribution >= 4 is 21.4 Å². The van der Waals surface area contributed by atoms with E-state index in [-0.39, 0.29) is 5.54 Å². The molecule has 1 aromatic heterocycles. The van der Waals surface area contributed by atoms with E-state index in [4.69, 9.17) is 4.74 Å². The Kier molecular flexibility index (Phi) is 5.57. The molecule has 0 saturated heterocycles. The summed E-state index contributed by atoms with van der Waals surface area (Å²) in [6.07, 6.45) is 2.80. The Labute approximate surface area is 131 Å². The second kappa shape index (κ2) is 7.21. The Bertz CT molecular complexity index is 595. The lowest BCUT2D eigenvalue weighted by Gasteiger charge is -2.20. The molecule has 1 N–H and O–H groups in total. The summed E-state index contributed by atoms with van der Waals surface area (Å²) in [5.41, 5.74) is 1.45. The van der Waals surface area contributed by atoms with Crippen LogP contribution in [-0.2, 0) is 17.9 Å². The number of nitrogens with one attached hydrogen (secondary N) is 1. The van der Waals surface area contributed by atoms with Gasteiger partial charge in [0.05, 0.1) is 13.2 Å². The van der Waals surface area contributed by atoms with E-state index in [1.807, 2.05) is 17.4 Å². The summed E-state index contributed by atoms with van der Waals surface area (Å²) in [6.45, 7) is 12.6. The maximum Gasteiger partial charge on any atom is 0.0734 e. The molecule has 0 unspecified atom stereocenters. The Hall–Kier alpha value is -1.16. The second-order valence-corrected chi connectivity index (χ2v) is 7.37. The van der Waals surface area contributed by atoms with Gasteiger partial charge in [-0.05, 0) is 38.6 Å². The monoisotopic (exact) mass is 303 g/mol. The number of rotatable bonds is 7. The predicted octanol–water partition coefficient (Wildman–Crippen LogP) is 4.88. The number of hydrogen-bond acceptors (Lipinski definition) is 3. The summed E-state index contributed by atoms with van der Waals surface area (Å²) in [6, 6.07) is 8.58. The fraction of sp³-hybridized carbons (Fsp3) is 0.444. The van der Waals surface area contributed by atoms with Crippen molar-refractivity contribution in [2.75, 3.05) is 6.61 Å². The van der Waals surface area contributed by atoms with E-state index >= 15 is 0 Å². The van der Waals surface area contributed by atoms with Crippen LogP contribution >= 0.6 is 11.3 Å². The zero-order chi connectivity index (χ0) is 15.3. The number of hydrogen-bond donors (Lipinski definition) is 1. The number of ether oxygens (including phenoxy) is 1. The van der Waals surface area contributed by atoms with E-state index in [9.17, 15) is 0 Å². The molecule has 114 valence electrons. The average molecular weight is 303 g/mol. The van der Waals surface area contributed by atoms with Gasteiger partial charge in [0.25, 0.3) is 0 Å². The van der Waals surface area contributed by atoms with Gasteiger partial charge in [-0.3, -0.25) is 0 Å². The Morgan fingerprint density at radius 1 is 1.29 bits per heavy atom. The molecule has 0 spiro atoms. The summed E-state index contributed by atoms with van der Waals surface area (Å²) in [5, 5.41) is 4.91. The molecule has 0 radical (unpaired) electrons. The summed E-state index contributed by atoms with van der Waals surface area (Å²) >= 11 is 1.87. The minimum absolute atomic E-state index is 0.122. The number of benzene rings is 1. The van der Waals surface area contributed by atoms with Crippen LogP contribution in [0.2, 0.25) is 0 Å². The first-order valence-electron chi connectivity index (χ1n) is 7.44. The van der Waals surface area contributed by atoms with Crippen molar-refractivity contribution in [3.8, 4) is 0 Å². The van der Waals surface area contributed by atoms with E-state index in [1.165, 1.54) is 20.5 Å². The lowest BCUT2D eigenvalue weighted by Crippen LogP contribution is -2.35. The van der Waals surface area contributed by atoms with E-state index in [0.29, 0.717) is 6.61 Å². The highest BCUT2D eigenvalue weighted by atomic mass is 32.1. The molecular weight excluding hydrogens is 278 g/mol. The van der Waals surface area contributed by atoms with Gasteiger partial charge in [0, 0.05) is 27.2 Å². The van der Waals surface area contributed by atoms with Gasteiger partial charge >= 0.3 is 0 Å². The Balaban J connectivity index is 2.19.